The zero-order chi connectivity index (χ0) is 12.3. The van der Waals surface area contributed by atoms with E-state index in [0.717, 1.165) is 28.5 Å². The molecule has 1 nitrogen and oxygen atoms in total. The van der Waals surface area contributed by atoms with Gasteiger partial charge in [0.15, 0.2) is 0 Å². The van der Waals surface area contributed by atoms with Crippen molar-refractivity contribution in [3.05, 3.63) is 34.1 Å². The van der Waals surface area contributed by atoms with Crippen LogP contribution in [0.5, 0.6) is 0 Å². The third-order valence-corrected chi connectivity index (χ3v) is 4.56. The summed E-state index contributed by atoms with van der Waals surface area (Å²) in [5.74, 6) is -0.113. The lowest BCUT2D eigenvalue weighted by Crippen LogP contribution is -2.40. The van der Waals surface area contributed by atoms with Gasteiger partial charge in [0.25, 0.3) is 0 Å². The molecule has 0 N–H and O–H groups in total. The van der Waals surface area contributed by atoms with Crippen molar-refractivity contribution in [2.75, 3.05) is 11.9 Å². The Hall–Kier alpha value is 0.0700. The van der Waals surface area contributed by atoms with Crippen LogP contribution in [0, 0.1) is 5.82 Å². The van der Waals surface area contributed by atoms with Crippen LogP contribution in [0.3, 0.4) is 0 Å². The molecule has 0 bridgehead atoms. The van der Waals surface area contributed by atoms with Gasteiger partial charge in [0, 0.05) is 28.0 Å². The standard InChI is InChI=1S/C13H16Br2FN/c14-8-12-3-1-2-6-17(12)9-10-4-5-11(15)7-13(10)16/h4-5,7,12H,1-3,6,8-9H2. The number of rotatable bonds is 3. The van der Waals surface area contributed by atoms with Crippen molar-refractivity contribution < 1.29 is 4.39 Å². The van der Waals surface area contributed by atoms with E-state index in [1.165, 1.54) is 19.3 Å². The number of likely N-dealkylation sites (tertiary alicyclic amines) is 1. The van der Waals surface area contributed by atoms with Crippen LogP contribution in [-0.2, 0) is 6.54 Å². The highest BCUT2D eigenvalue weighted by Gasteiger charge is 2.22. The molecule has 0 radical (unpaired) electrons. The van der Waals surface area contributed by atoms with E-state index in [9.17, 15) is 4.39 Å². The van der Waals surface area contributed by atoms with Crippen molar-refractivity contribution in [2.24, 2.45) is 0 Å². The van der Waals surface area contributed by atoms with Gasteiger partial charge in [-0.15, -0.1) is 0 Å². The first-order valence-corrected chi connectivity index (χ1v) is 7.86. The lowest BCUT2D eigenvalue weighted by Gasteiger charge is -2.34. The number of nitrogens with zero attached hydrogens (tertiary/aromatic N) is 1. The van der Waals surface area contributed by atoms with Crippen LogP contribution < -0.4 is 0 Å². The second-order valence-electron chi connectivity index (χ2n) is 4.51. The van der Waals surface area contributed by atoms with Gasteiger partial charge in [0.2, 0.25) is 0 Å². The quantitative estimate of drug-likeness (QED) is 0.721. The number of alkyl halides is 1. The summed E-state index contributed by atoms with van der Waals surface area (Å²) >= 11 is 6.84. The van der Waals surface area contributed by atoms with Crippen molar-refractivity contribution >= 4 is 31.9 Å². The normalized spacial score (nSPS) is 21.7. The lowest BCUT2D eigenvalue weighted by molar-refractivity contribution is 0.155. The number of hydrogen-bond donors (Lipinski definition) is 0. The second-order valence-corrected chi connectivity index (χ2v) is 6.07. The van der Waals surface area contributed by atoms with Gasteiger partial charge < -0.3 is 0 Å². The average molecular weight is 365 g/mol. The third-order valence-electron chi connectivity index (χ3n) is 3.32. The van der Waals surface area contributed by atoms with Gasteiger partial charge >= 0.3 is 0 Å². The summed E-state index contributed by atoms with van der Waals surface area (Å²) < 4.78 is 14.6. The minimum atomic E-state index is -0.113. The third kappa shape index (κ3) is 3.52. The second kappa shape index (κ2) is 6.30. The highest BCUT2D eigenvalue weighted by atomic mass is 79.9. The number of benzene rings is 1. The molecule has 1 unspecified atom stereocenters. The molecule has 17 heavy (non-hydrogen) atoms. The van der Waals surface area contributed by atoms with Crippen LogP contribution in [0.1, 0.15) is 24.8 Å². The fraction of sp³-hybridized carbons (Fsp3) is 0.538. The smallest absolute Gasteiger partial charge is 0.128 e. The van der Waals surface area contributed by atoms with E-state index >= 15 is 0 Å². The Morgan fingerprint density at radius 1 is 1.35 bits per heavy atom. The molecule has 2 rings (SSSR count). The van der Waals surface area contributed by atoms with Crippen molar-refractivity contribution in [3.63, 3.8) is 0 Å². The van der Waals surface area contributed by atoms with E-state index in [1.54, 1.807) is 6.07 Å². The Morgan fingerprint density at radius 2 is 2.18 bits per heavy atom. The number of piperidine rings is 1. The van der Waals surface area contributed by atoms with Gasteiger partial charge in [-0.25, -0.2) is 4.39 Å². The zero-order valence-electron chi connectivity index (χ0n) is 9.63. The van der Waals surface area contributed by atoms with Crippen molar-refractivity contribution in [2.45, 2.75) is 31.8 Å². The fourth-order valence-electron chi connectivity index (χ4n) is 2.31. The van der Waals surface area contributed by atoms with Gasteiger partial charge in [-0.05, 0) is 31.5 Å². The van der Waals surface area contributed by atoms with Gasteiger partial charge in [0.05, 0.1) is 0 Å². The van der Waals surface area contributed by atoms with Crippen LogP contribution in [0.25, 0.3) is 0 Å². The van der Waals surface area contributed by atoms with E-state index < -0.39 is 0 Å². The minimum absolute atomic E-state index is 0.113. The summed E-state index contributed by atoms with van der Waals surface area (Å²) in [5.41, 5.74) is 0.793. The van der Waals surface area contributed by atoms with Gasteiger partial charge in [0.1, 0.15) is 5.82 Å². The van der Waals surface area contributed by atoms with Crippen molar-refractivity contribution in [3.8, 4) is 0 Å². The van der Waals surface area contributed by atoms with Crippen LogP contribution in [0.2, 0.25) is 0 Å². The molecule has 1 saturated heterocycles. The van der Waals surface area contributed by atoms with E-state index in [-0.39, 0.29) is 5.82 Å². The molecule has 0 aromatic heterocycles. The van der Waals surface area contributed by atoms with Gasteiger partial charge in [-0.1, -0.05) is 44.3 Å². The van der Waals surface area contributed by atoms with Gasteiger partial charge in [-0.2, -0.15) is 0 Å². The Labute approximate surface area is 119 Å². The summed E-state index contributed by atoms with van der Waals surface area (Å²) in [4.78, 5) is 2.38. The topological polar surface area (TPSA) is 3.24 Å². The predicted molar refractivity (Wildman–Crippen MR) is 75.9 cm³/mol. The average Bonchev–Trinajstić information content (AvgIpc) is 2.33. The summed E-state index contributed by atoms with van der Waals surface area (Å²) in [7, 11) is 0. The molecule has 0 aliphatic carbocycles. The molecule has 1 aromatic rings. The Balaban J connectivity index is 2.08. The van der Waals surface area contributed by atoms with Crippen LogP contribution >= 0.6 is 31.9 Å². The largest absolute Gasteiger partial charge is 0.295 e. The molecule has 0 amide bonds. The number of halogens is 3. The van der Waals surface area contributed by atoms with E-state index in [2.05, 4.69) is 36.8 Å². The molecular weight excluding hydrogens is 349 g/mol. The van der Waals surface area contributed by atoms with Crippen molar-refractivity contribution in [1.82, 2.24) is 4.90 Å². The molecular formula is C13H16Br2FN. The SMILES string of the molecule is Fc1cc(Br)ccc1CN1CCCCC1CBr. The Morgan fingerprint density at radius 3 is 2.88 bits per heavy atom. The van der Waals surface area contributed by atoms with Crippen LogP contribution in [-0.4, -0.2) is 22.8 Å². The van der Waals surface area contributed by atoms with E-state index in [0.29, 0.717) is 6.04 Å². The highest BCUT2D eigenvalue weighted by molar-refractivity contribution is 9.10. The first-order chi connectivity index (χ1) is 8.20. The molecule has 0 saturated carbocycles. The van der Waals surface area contributed by atoms with Crippen LogP contribution in [0.4, 0.5) is 4.39 Å². The summed E-state index contributed by atoms with van der Waals surface area (Å²) in [6.07, 6.45) is 3.72. The Bertz CT molecular complexity index is 384. The van der Waals surface area contributed by atoms with Gasteiger partial charge in [-0.3, -0.25) is 4.90 Å². The molecule has 94 valence electrons. The maximum Gasteiger partial charge on any atom is 0.128 e. The molecule has 1 atom stereocenters. The van der Waals surface area contributed by atoms with Crippen LogP contribution in [0.15, 0.2) is 22.7 Å². The molecule has 4 heteroatoms. The molecule has 1 aliphatic rings. The molecule has 0 spiro atoms. The lowest BCUT2D eigenvalue weighted by atomic mass is 10.0. The first kappa shape index (κ1) is 13.5. The number of hydrogen-bond acceptors (Lipinski definition) is 1. The molecule has 1 heterocycles. The maximum atomic E-state index is 13.8. The zero-order valence-corrected chi connectivity index (χ0v) is 12.8. The Kier molecular flexibility index (Phi) is 5.00. The summed E-state index contributed by atoms with van der Waals surface area (Å²) in [6, 6.07) is 5.87. The van der Waals surface area contributed by atoms with E-state index in [4.69, 9.17) is 0 Å². The molecule has 1 aliphatic heterocycles. The summed E-state index contributed by atoms with van der Waals surface area (Å²) in [6.45, 7) is 1.79. The molecule has 1 fully saturated rings. The first-order valence-electron chi connectivity index (χ1n) is 5.94. The maximum absolute atomic E-state index is 13.8. The van der Waals surface area contributed by atoms with Crippen molar-refractivity contribution in [1.29, 1.82) is 0 Å². The predicted octanol–water partition coefficient (Wildman–Crippen LogP) is 4.34. The molecule has 1 aromatic carbocycles. The fourth-order valence-corrected chi connectivity index (χ4v) is 3.38. The van der Waals surface area contributed by atoms with E-state index in [1.807, 2.05) is 12.1 Å². The summed E-state index contributed by atoms with van der Waals surface area (Å²) in [5, 5.41) is 0.977. The highest BCUT2D eigenvalue weighted by Crippen LogP contribution is 2.23. The minimum Gasteiger partial charge on any atom is -0.295 e. The monoisotopic (exact) mass is 363 g/mol.